The molecule has 1 unspecified atom stereocenters. The number of nitrogens with zero attached hydrogens (tertiary/aromatic N) is 2. The van der Waals surface area contributed by atoms with Crippen molar-refractivity contribution < 1.29 is 19.8 Å². The van der Waals surface area contributed by atoms with E-state index in [-0.39, 0.29) is 30.6 Å². The third-order valence-electron chi connectivity index (χ3n) is 6.00. The Morgan fingerprint density at radius 1 is 0.895 bits per heavy atom. The molecular formula is C29H26ClN3O5. The standard InChI is InChI=1S/C29H26ClN3O5/c30-23-8-4-7-22(16-23)21-11-9-19(10-12-21)15-24(17-26(34)29(37)38)31-28(36)25-13-14-27(35)33(32-25)18-20-5-2-1-3-6-20/h1-14,16,24,26,34H,15,17-18H2,(H,31,36)(H,37,38)/t24?,26-/m1/s1. The maximum Gasteiger partial charge on any atom is 0.332 e. The van der Waals surface area contributed by atoms with Gasteiger partial charge in [0.25, 0.3) is 11.5 Å². The van der Waals surface area contributed by atoms with Crippen LogP contribution in [0.25, 0.3) is 11.1 Å². The Hall–Kier alpha value is -4.27. The third-order valence-corrected chi connectivity index (χ3v) is 6.23. The predicted octanol–water partition coefficient (Wildman–Crippen LogP) is 3.79. The number of aliphatic carboxylic acids is 1. The van der Waals surface area contributed by atoms with Gasteiger partial charge in [0.2, 0.25) is 0 Å². The number of aliphatic hydroxyl groups is 1. The Morgan fingerprint density at radius 3 is 2.32 bits per heavy atom. The number of aliphatic hydroxyl groups excluding tert-OH is 1. The summed E-state index contributed by atoms with van der Waals surface area (Å²) in [5, 5.41) is 26.8. The molecule has 0 saturated carbocycles. The molecule has 3 N–H and O–H groups in total. The number of carboxylic acid groups (broad SMARTS) is 1. The second-order valence-corrected chi connectivity index (χ2v) is 9.31. The number of hydrogen-bond donors (Lipinski definition) is 3. The summed E-state index contributed by atoms with van der Waals surface area (Å²) < 4.78 is 1.19. The highest BCUT2D eigenvalue weighted by Crippen LogP contribution is 2.23. The number of carbonyl (C=O) groups is 2. The van der Waals surface area contributed by atoms with E-state index in [4.69, 9.17) is 11.6 Å². The maximum absolute atomic E-state index is 13.1. The van der Waals surface area contributed by atoms with Gasteiger partial charge in [0.1, 0.15) is 5.69 Å². The lowest BCUT2D eigenvalue weighted by Crippen LogP contribution is -2.41. The van der Waals surface area contributed by atoms with Crippen molar-refractivity contribution in [2.45, 2.75) is 31.5 Å². The Balaban J connectivity index is 1.51. The molecule has 9 heteroatoms. The zero-order chi connectivity index (χ0) is 27.1. The quantitative estimate of drug-likeness (QED) is 0.286. The van der Waals surface area contributed by atoms with Crippen LogP contribution >= 0.6 is 11.6 Å². The summed E-state index contributed by atoms with van der Waals surface area (Å²) in [5.74, 6) is -1.96. The van der Waals surface area contributed by atoms with Crippen molar-refractivity contribution in [3.05, 3.63) is 123 Å². The Morgan fingerprint density at radius 2 is 1.63 bits per heavy atom. The fourth-order valence-electron chi connectivity index (χ4n) is 4.05. The van der Waals surface area contributed by atoms with Crippen LogP contribution in [0, 0.1) is 0 Å². The molecule has 0 aliphatic rings. The number of carboxylic acids is 1. The summed E-state index contributed by atoms with van der Waals surface area (Å²) in [6.45, 7) is 0.195. The van der Waals surface area contributed by atoms with Gasteiger partial charge >= 0.3 is 5.97 Å². The molecule has 0 aliphatic heterocycles. The molecule has 0 fully saturated rings. The number of aromatic nitrogens is 2. The maximum atomic E-state index is 13.1. The van der Waals surface area contributed by atoms with E-state index < -0.39 is 24.0 Å². The fourth-order valence-corrected chi connectivity index (χ4v) is 4.24. The molecule has 4 rings (SSSR count). The van der Waals surface area contributed by atoms with Crippen LogP contribution in [0.1, 0.15) is 28.0 Å². The molecule has 0 bridgehead atoms. The first-order chi connectivity index (χ1) is 18.3. The number of amides is 1. The molecule has 38 heavy (non-hydrogen) atoms. The van der Waals surface area contributed by atoms with E-state index in [0.717, 1.165) is 22.3 Å². The van der Waals surface area contributed by atoms with Crippen LogP contribution in [0.5, 0.6) is 0 Å². The lowest BCUT2D eigenvalue weighted by atomic mass is 9.97. The van der Waals surface area contributed by atoms with Crippen LogP contribution in [0.4, 0.5) is 0 Å². The SMILES string of the molecule is O=C(NC(Cc1ccc(-c2cccc(Cl)c2)cc1)C[C@@H](O)C(=O)O)c1ccc(=O)n(Cc2ccccc2)n1. The highest BCUT2D eigenvalue weighted by atomic mass is 35.5. The van der Waals surface area contributed by atoms with Crippen molar-refractivity contribution in [1.29, 1.82) is 0 Å². The van der Waals surface area contributed by atoms with E-state index in [1.165, 1.54) is 16.8 Å². The van der Waals surface area contributed by atoms with E-state index in [1.54, 1.807) is 6.07 Å². The Bertz CT molecular complexity index is 1470. The second-order valence-electron chi connectivity index (χ2n) is 8.87. The van der Waals surface area contributed by atoms with Crippen LogP contribution in [0.3, 0.4) is 0 Å². The minimum atomic E-state index is -1.66. The zero-order valence-corrected chi connectivity index (χ0v) is 21.1. The van der Waals surface area contributed by atoms with Crippen molar-refractivity contribution in [2.75, 3.05) is 0 Å². The van der Waals surface area contributed by atoms with Crippen LogP contribution in [0.2, 0.25) is 5.02 Å². The first kappa shape index (κ1) is 26.8. The highest BCUT2D eigenvalue weighted by molar-refractivity contribution is 6.30. The molecule has 0 spiro atoms. The summed E-state index contributed by atoms with van der Waals surface area (Å²) in [4.78, 5) is 36.7. The number of hydrogen-bond acceptors (Lipinski definition) is 5. The van der Waals surface area contributed by atoms with E-state index >= 15 is 0 Å². The van der Waals surface area contributed by atoms with Crippen LogP contribution in [0.15, 0.2) is 95.8 Å². The number of benzene rings is 3. The number of rotatable bonds is 10. The normalized spacial score (nSPS) is 12.5. The average Bonchev–Trinajstić information content (AvgIpc) is 2.90. The van der Waals surface area contributed by atoms with Crippen molar-refractivity contribution >= 4 is 23.5 Å². The molecule has 0 saturated heterocycles. The molecule has 1 heterocycles. The first-order valence-corrected chi connectivity index (χ1v) is 12.3. The lowest BCUT2D eigenvalue weighted by molar-refractivity contribution is -0.147. The van der Waals surface area contributed by atoms with Gasteiger partial charge in [-0.3, -0.25) is 9.59 Å². The molecule has 0 radical (unpaired) electrons. The number of carbonyl (C=O) groups excluding carboxylic acids is 1. The Labute approximate surface area is 224 Å². The van der Waals surface area contributed by atoms with Crippen LogP contribution < -0.4 is 10.9 Å². The van der Waals surface area contributed by atoms with Gasteiger partial charge in [-0.1, -0.05) is 78.3 Å². The predicted molar refractivity (Wildman–Crippen MR) is 144 cm³/mol. The van der Waals surface area contributed by atoms with Gasteiger partial charge in [-0.2, -0.15) is 5.10 Å². The third kappa shape index (κ3) is 7.15. The molecular weight excluding hydrogens is 506 g/mol. The monoisotopic (exact) mass is 531 g/mol. The minimum absolute atomic E-state index is 0.00616. The van der Waals surface area contributed by atoms with Gasteiger partial charge in [-0.05, 0) is 46.9 Å². The van der Waals surface area contributed by atoms with Crippen molar-refractivity contribution in [2.24, 2.45) is 0 Å². The van der Waals surface area contributed by atoms with E-state index in [2.05, 4.69) is 10.4 Å². The summed E-state index contributed by atoms with van der Waals surface area (Å²) in [6, 6.07) is 26.2. The fraction of sp³-hybridized carbons (Fsp3) is 0.172. The molecule has 8 nitrogen and oxygen atoms in total. The van der Waals surface area contributed by atoms with Crippen LogP contribution in [-0.4, -0.2) is 44.0 Å². The van der Waals surface area contributed by atoms with Crippen molar-refractivity contribution in [1.82, 2.24) is 15.1 Å². The van der Waals surface area contributed by atoms with E-state index in [1.807, 2.05) is 72.8 Å². The first-order valence-electron chi connectivity index (χ1n) is 12.0. The number of halogens is 1. The minimum Gasteiger partial charge on any atom is -0.479 e. The van der Waals surface area contributed by atoms with Crippen molar-refractivity contribution in [3.8, 4) is 11.1 Å². The van der Waals surface area contributed by atoms with E-state index in [0.29, 0.717) is 5.02 Å². The molecule has 3 aromatic carbocycles. The second kappa shape index (κ2) is 12.3. The van der Waals surface area contributed by atoms with Gasteiger partial charge < -0.3 is 15.5 Å². The van der Waals surface area contributed by atoms with Gasteiger partial charge in [0, 0.05) is 23.6 Å². The molecule has 2 atom stereocenters. The van der Waals surface area contributed by atoms with Crippen LogP contribution in [-0.2, 0) is 17.8 Å². The van der Waals surface area contributed by atoms with E-state index in [9.17, 15) is 24.6 Å². The smallest absolute Gasteiger partial charge is 0.332 e. The molecule has 1 aromatic heterocycles. The zero-order valence-electron chi connectivity index (χ0n) is 20.3. The van der Waals surface area contributed by atoms with Crippen molar-refractivity contribution in [3.63, 3.8) is 0 Å². The van der Waals surface area contributed by atoms with Gasteiger partial charge in [-0.15, -0.1) is 0 Å². The Kier molecular flexibility index (Phi) is 8.68. The topological polar surface area (TPSA) is 122 Å². The van der Waals surface area contributed by atoms with Gasteiger partial charge in [-0.25, -0.2) is 9.48 Å². The largest absolute Gasteiger partial charge is 0.479 e. The van der Waals surface area contributed by atoms with Gasteiger partial charge in [0.05, 0.1) is 6.54 Å². The number of nitrogens with one attached hydrogen (secondary N) is 1. The lowest BCUT2D eigenvalue weighted by Gasteiger charge is -2.20. The molecule has 1 amide bonds. The van der Waals surface area contributed by atoms with Gasteiger partial charge in [0.15, 0.2) is 6.10 Å². The summed E-state index contributed by atoms with van der Waals surface area (Å²) in [5.41, 5.74) is 3.23. The highest BCUT2D eigenvalue weighted by Gasteiger charge is 2.23. The summed E-state index contributed by atoms with van der Waals surface area (Å²) in [7, 11) is 0. The average molecular weight is 532 g/mol. The molecule has 0 aliphatic carbocycles. The summed E-state index contributed by atoms with van der Waals surface area (Å²) in [6.07, 6.45) is -1.60. The molecule has 4 aromatic rings. The summed E-state index contributed by atoms with van der Waals surface area (Å²) >= 11 is 6.09. The molecule has 194 valence electrons.